The Morgan fingerprint density at radius 3 is 2.11 bits per heavy atom. The van der Waals surface area contributed by atoms with E-state index < -0.39 is 23.5 Å². The Kier molecular flexibility index (Phi) is 5.35. The molecule has 0 fully saturated rings. The molecular formula is C21H16F3NO3. The number of carboxylic acids is 1. The van der Waals surface area contributed by atoms with Crippen LogP contribution >= 0.6 is 0 Å². The van der Waals surface area contributed by atoms with Crippen molar-refractivity contribution < 1.29 is 27.9 Å². The lowest BCUT2D eigenvalue weighted by atomic mass is 10.1. The summed E-state index contributed by atoms with van der Waals surface area (Å²) in [5.74, 6) is -2.85. The first-order chi connectivity index (χ1) is 13.3. The molecule has 3 aromatic rings. The molecule has 0 unspecified atom stereocenters. The van der Waals surface area contributed by atoms with Gasteiger partial charge in [-0.2, -0.15) is 13.2 Å². The average molecular weight is 387 g/mol. The molecule has 0 atom stereocenters. The minimum Gasteiger partial charge on any atom is -0.481 e. The molecule has 1 heterocycles. The van der Waals surface area contributed by atoms with Crippen molar-refractivity contribution >= 4 is 11.8 Å². The largest absolute Gasteiger partial charge is 0.481 e. The second kappa shape index (κ2) is 7.72. The van der Waals surface area contributed by atoms with E-state index in [0.717, 1.165) is 23.4 Å². The van der Waals surface area contributed by atoms with Crippen LogP contribution in [-0.2, 0) is 11.2 Å². The van der Waals surface area contributed by atoms with Crippen molar-refractivity contribution in [2.24, 2.45) is 0 Å². The Morgan fingerprint density at radius 1 is 0.893 bits per heavy atom. The van der Waals surface area contributed by atoms with Gasteiger partial charge in [-0.15, -0.1) is 0 Å². The molecule has 0 bridgehead atoms. The summed E-state index contributed by atoms with van der Waals surface area (Å²) >= 11 is 0. The minimum absolute atomic E-state index is 0.0805. The summed E-state index contributed by atoms with van der Waals surface area (Å²) in [6.45, 7) is 0. The van der Waals surface area contributed by atoms with Crippen LogP contribution in [0.5, 0.6) is 0 Å². The van der Waals surface area contributed by atoms with Crippen molar-refractivity contribution in [2.75, 3.05) is 0 Å². The Hall–Kier alpha value is -3.35. The quantitative estimate of drug-likeness (QED) is 0.612. The molecule has 0 saturated carbocycles. The summed E-state index contributed by atoms with van der Waals surface area (Å²) in [6, 6.07) is 18.1. The highest BCUT2D eigenvalue weighted by atomic mass is 19.4. The second-order valence-corrected chi connectivity index (χ2v) is 6.18. The first-order valence-corrected chi connectivity index (χ1v) is 8.47. The number of benzene rings is 2. The number of aromatic nitrogens is 1. The molecule has 28 heavy (non-hydrogen) atoms. The summed E-state index contributed by atoms with van der Waals surface area (Å²) in [7, 11) is 0. The molecule has 0 amide bonds. The van der Waals surface area contributed by atoms with E-state index in [1.807, 2.05) is 36.4 Å². The van der Waals surface area contributed by atoms with Crippen LogP contribution in [0.25, 0.3) is 16.9 Å². The molecule has 0 saturated heterocycles. The third-order valence-electron chi connectivity index (χ3n) is 4.27. The second-order valence-electron chi connectivity index (χ2n) is 6.18. The Bertz CT molecular complexity index is 990. The lowest BCUT2D eigenvalue weighted by molar-refractivity contribution is -0.137. The fourth-order valence-electron chi connectivity index (χ4n) is 2.97. The first-order valence-electron chi connectivity index (χ1n) is 8.47. The number of Topliss-reactive ketones (excluding diaryl/α,β-unsaturated/α-hetero) is 1. The highest BCUT2D eigenvalue weighted by Gasteiger charge is 2.39. The SMILES string of the molecule is O=C(O)CCc1ccc(-c2ccccc2)n1-c1ccc(C(=O)C(F)(F)F)cc1. The van der Waals surface area contributed by atoms with Gasteiger partial charge < -0.3 is 9.67 Å². The van der Waals surface area contributed by atoms with E-state index in [1.54, 1.807) is 10.6 Å². The third kappa shape index (κ3) is 4.14. The van der Waals surface area contributed by atoms with Gasteiger partial charge in [0.15, 0.2) is 0 Å². The predicted molar refractivity (Wildman–Crippen MR) is 97.5 cm³/mol. The van der Waals surface area contributed by atoms with Gasteiger partial charge in [0.25, 0.3) is 5.78 Å². The monoisotopic (exact) mass is 387 g/mol. The van der Waals surface area contributed by atoms with Gasteiger partial charge in [0, 0.05) is 16.9 Å². The van der Waals surface area contributed by atoms with Gasteiger partial charge >= 0.3 is 12.1 Å². The number of carboxylic acid groups (broad SMARTS) is 1. The van der Waals surface area contributed by atoms with E-state index >= 15 is 0 Å². The number of carbonyl (C=O) groups excluding carboxylic acids is 1. The first kappa shape index (κ1) is 19.4. The molecule has 1 N–H and O–H groups in total. The molecule has 4 nitrogen and oxygen atoms in total. The van der Waals surface area contributed by atoms with Gasteiger partial charge in [-0.1, -0.05) is 30.3 Å². The molecular weight excluding hydrogens is 371 g/mol. The highest BCUT2D eigenvalue weighted by molar-refractivity contribution is 6.00. The van der Waals surface area contributed by atoms with E-state index in [0.29, 0.717) is 11.4 Å². The van der Waals surface area contributed by atoms with Gasteiger partial charge in [-0.3, -0.25) is 9.59 Å². The van der Waals surface area contributed by atoms with Crippen molar-refractivity contribution in [3.05, 3.63) is 78.0 Å². The number of carbonyl (C=O) groups is 2. The topological polar surface area (TPSA) is 59.3 Å². The molecule has 2 aromatic carbocycles. The molecule has 0 aliphatic rings. The zero-order chi connectivity index (χ0) is 20.3. The van der Waals surface area contributed by atoms with E-state index in [9.17, 15) is 22.8 Å². The van der Waals surface area contributed by atoms with E-state index in [-0.39, 0.29) is 12.8 Å². The standard InChI is InChI=1S/C21H16F3NO3/c22-21(23,24)20(28)15-6-8-16(9-7-15)25-17(11-13-19(26)27)10-12-18(25)14-4-2-1-3-5-14/h1-10,12H,11,13H2,(H,26,27). The summed E-state index contributed by atoms with van der Waals surface area (Å²) in [5.41, 5.74) is 2.45. The molecule has 0 aliphatic carbocycles. The van der Waals surface area contributed by atoms with Crippen molar-refractivity contribution in [3.63, 3.8) is 0 Å². The number of hydrogen-bond donors (Lipinski definition) is 1. The lowest BCUT2D eigenvalue weighted by Gasteiger charge is -2.14. The van der Waals surface area contributed by atoms with Crippen LogP contribution in [0.2, 0.25) is 0 Å². The number of rotatable bonds is 6. The Morgan fingerprint density at radius 2 is 1.54 bits per heavy atom. The van der Waals surface area contributed by atoms with Gasteiger partial charge in [-0.05, 0) is 48.4 Å². The van der Waals surface area contributed by atoms with Crippen molar-refractivity contribution in [3.8, 4) is 16.9 Å². The maximum absolute atomic E-state index is 12.6. The zero-order valence-corrected chi connectivity index (χ0v) is 14.6. The number of nitrogens with zero attached hydrogens (tertiary/aromatic N) is 1. The van der Waals surface area contributed by atoms with Crippen LogP contribution in [0.1, 0.15) is 22.5 Å². The summed E-state index contributed by atoms with van der Waals surface area (Å²) in [4.78, 5) is 22.4. The molecule has 3 rings (SSSR count). The predicted octanol–water partition coefficient (Wildman–Crippen LogP) is 4.91. The molecule has 0 aliphatic heterocycles. The van der Waals surface area contributed by atoms with E-state index in [1.165, 1.54) is 12.1 Å². The van der Waals surface area contributed by atoms with Crippen LogP contribution < -0.4 is 0 Å². The normalized spacial score (nSPS) is 11.4. The number of halogens is 3. The Labute approximate surface area is 158 Å². The van der Waals surface area contributed by atoms with E-state index in [4.69, 9.17) is 5.11 Å². The van der Waals surface area contributed by atoms with Crippen molar-refractivity contribution in [2.45, 2.75) is 19.0 Å². The fourth-order valence-corrected chi connectivity index (χ4v) is 2.97. The number of hydrogen-bond acceptors (Lipinski definition) is 2. The van der Waals surface area contributed by atoms with Gasteiger partial charge in [0.1, 0.15) is 0 Å². The van der Waals surface area contributed by atoms with Crippen LogP contribution in [0.15, 0.2) is 66.7 Å². The summed E-state index contributed by atoms with van der Waals surface area (Å²) in [6.07, 6.45) is -4.76. The lowest BCUT2D eigenvalue weighted by Crippen LogP contribution is -2.22. The van der Waals surface area contributed by atoms with Crippen molar-refractivity contribution in [1.82, 2.24) is 4.57 Å². The van der Waals surface area contributed by atoms with Gasteiger partial charge in [0.05, 0.1) is 12.1 Å². The van der Waals surface area contributed by atoms with Crippen LogP contribution in [0.4, 0.5) is 13.2 Å². The summed E-state index contributed by atoms with van der Waals surface area (Å²) in [5, 5.41) is 8.98. The zero-order valence-electron chi connectivity index (χ0n) is 14.6. The molecule has 0 spiro atoms. The fraction of sp³-hybridized carbons (Fsp3) is 0.143. The number of aryl methyl sites for hydroxylation is 1. The molecule has 0 radical (unpaired) electrons. The van der Waals surface area contributed by atoms with Crippen LogP contribution in [-0.4, -0.2) is 27.6 Å². The third-order valence-corrected chi connectivity index (χ3v) is 4.27. The average Bonchev–Trinajstić information content (AvgIpc) is 3.10. The maximum Gasteiger partial charge on any atom is 0.454 e. The Balaban J connectivity index is 2.04. The molecule has 144 valence electrons. The highest BCUT2D eigenvalue weighted by Crippen LogP contribution is 2.28. The van der Waals surface area contributed by atoms with Crippen molar-refractivity contribution in [1.29, 1.82) is 0 Å². The van der Waals surface area contributed by atoms with Crippen LogP contribution in [0.3, 0.4) is 0 Å². The number of ketones is 1. The smallest absolute Gasteiger partial charge is 0.454 e. The minimum atomic E-state index is -4.93. The number of aliphatic carboxylic acids is 1. The summed E-state index contributed by atoms with van der Waals surface area (Å²) < 4.78 is 39.7. The van der Waals surface area contributed by atoms with Crippen LogP contribution in [0, 0.1) is 0 Å². The van der Waals surface area contributed by atoms with Gasteiger partial charge in [0.2, 0.25) is 0 Å². The van der Waals surface area contributed by atoms with Gasteiger partial charge in [-0.25, -0.2) is 0 Å². The molecule has 1 aromatic heterocycles. The molecule has 7 heteroatoms. The number of alkyl halides is 3. The van der Waals surface area contributed by atoms with E-state index in [2.05, 4.69) is 0 Å². The maximum atomic E-state index is 12.6.